The molecule has 0 radical (unpaired) electrons. The zero-order chi connectivity index (χ0) is 26.5. The van der Waals surface area contributed by atoms with Crippen molar-refractivity contribution in [1.82, 2.24) is 9.03 Å². The molecule has 2 aliphatic heterocycles. The Balaban J connectivity index is 0.000000305. The number of aldehydes is 1. The van der Waals surface area contributed by atoms with Gasteiger partial charge in [-0.25, -0.2) is 8.78 Å². The SMILES string of the molecule is C=O.Cc1ccc(Cl)cc1.O=CC12CC[C@@H](NS(=O)(=O)N3CCC3)C[C@@H]1COc1c(F)ccc(F)c12. The summed E-state index contributed by atoms with van der Waals surface area (Å²) in [6.07, 6.45) is 2.48. The lowest BCUT2D eigenvalue weighted by atomic mass is 9.61. The second-order valence-corrected chi connectivity index (χ2v) is 11.2. The van der Waals surface area contributed by atoms with Crippen LogP contribution in [0, 0.1) is 24.5 Å². The summed E-state index contributed by atoms with van der Waals surface area (Å²) in [5.74, 6) is -1.98. The van der Waals surface area contributed by atoms with Crippen LogP contribution in [0.2, 0.25) is 5.02 Å². The third-order valence-corrected chi connectivity index (χ3v) is 8.78. The predicted molar refractivity (Wildman–Crippen MR) is 132 cm³/mol. The molecule has 5 rings (SSSR count). The number of nitrogens with one attached hydrogen (secondary N) is 1. The minimum absolute atomic E-state index is 0.0344. The van der Waals surface area contributed by atoms with Gasteiger partial charge >= 0.3 is 0 Å². The van der Waals surface area contributed by atoms with Crippen molar-refractivity contribution in [2.45, 2.75) is 44.1 Å². The first-order valence-corrected chi connectivity index (χ1v) is 13.3. The highest BCUT2D eigenvalue weighted by atomic mass is 35.5. The lowest BCUT2D eigenvalue weighted by molar-refractivity contribution is -0.117. The van der Waals surface area contributed by atoms with Crippen LogP contribution in [0.3, 0.4) is 0 Å². The highest BCUT2D eigenvalue weighted by Crippen LogP contribution is 2.50. The summed E-state index contributed by atoms with van der Waals surface area (Å²) in [5, 5.41) is 0.801. The quantitative estimate of drug-likeness (QED) is 0.590. The molecular formula is C25H29ClF2N2O5S. The summed E-state index contributed by atoms with van der Waals surface area (Å²) in [5.41, 5.74) is 0.0283. The second kappa shape index (κ2) is 11.8. The zero-order valence-corrected chi connectivity index (χ0v) is 21.5. The Hall–Kier alpha value is -2.40. The van der Waals surface area contributed by atoms with Crippen LogP contribution in [0.1, 0.15) is 36.8 Å². The first kappa shape index (κ1) is 28.2. The van der Waals surface area contributed by atoms with E-state index in [-0.39, 0.29) is 30.4 Å². The molecular weight excluding hydrogens is 514 g/mol. The van der Waals surface area contributed by atoms with Crippen LogP contribution < -0.4 is 9.46 Å². The molecule has 7 nitrogen and oxygen atoms in total. The Bertz CT molecular complexity index is 1160. The minimum atomic E-state index is -3.54. The number of hydrogen-bond acceptors (Lipinski definition) is 5. The van der Waals surface area contributed by atoms with Gasteiger partial charge in [-0.05, 0) is 56.9 Å². The van der Waals surface area contributed by atoms with Crippen molar-refractivity contribution in [2.75, 3.05) is 19.7 Å². The molecule has 2 fully saturated rings. The van der Waals surface area contributed by atoms with Crippen LogP contribution >= 0.6 is 11.6 Å². The normalized spacial score (nSPS) is 24.8. The summed E-state index contributed by atoms with van der Waals surface area (Å²) in [4.78, 5) is 20.0. The van der Waals surface area contributed by atoms with Crippen LogP contribution in [0.5, 0.6) is 5.75 Å². The molecule has 3 aliphatic rings. The van der Waals surface area contributed by atoms with Crippen LogP contribution in [0.25, 0.3) is 0 Å². The van der Waals surface area contributed by atoms with Gasteiger partial charge in [0.1, 0.15) is 18.9 Å². The number of nitrogens with zero attached hydrogens (tertiary/aromatic N) is 1. The van der Waals surface area contributed by atoms with Crippen molar-refractivity contribution in [3.8, 4) is 5.75 Å². The number of rotatable bonds is 4. The monoisotopic (exact) mass is 542 g/mol. The van der Waals surface area contributed by atoms with Gasteiger partial charge in [-0.1, -0.05) is 29.3 Å². The smallest absolute Gasteiger partial charge is 0.279 e. The van der Waals surface area contributed by atoms with E-state index in [2.05, 4.69) is 4.72 Å². The number of carbonyl (C=O) groups is 2. The van der Waals surface area contributed by atoms with Crippen molar-refractivity contribution >= 4 is 34.9 Å². The number of halogens is 3. The van der Waals surface area contributed by atoms with Crippen LogP contribution in [0.4, 0.5) is 8.78 Å². The fourth-order valence-electron chi connectivity index (χ4n) is 4.79. The molecule has 1 aliphatic carbocycles. The summed E-state index contributed by atoms with van der Waals surface area (Å²) in [6.45, 7) is 5.10. The van der Waals surface area contributed by atoms with E-state index >= 15 is 0 Å². The third kappa shape index (κ3) is 5.77. The molecule has 2 aromatic carbocycles. The maximum atomic E-state index is 14.5. The van der Waals surface area contributed by atoms with E-state index < -0.39 is 33.2 Å². The molecule has 0 bridgehead atoms. The number of ether oxygens (including phenoxy) is 1. The van der Waals surface area contributed by atoms with E-state index in [0.717, 1.165) is 23.6 Å². The van der Waals surface area contributed by atoms with E-state index in [1.165, 1.54) is 9.87 Å². The van der Waals surface area contributed by atoms with Gasteiger partial charge in [0.15, 0.2) is 11.6 Å². The van der Waals surface area contributed by atoms with E-state index in [1.807, 2.05) is 38.0 Å². The Morgan fingerprint density at radius 2 is 1.78 bits per heavy atom. The summed E-state index contributed by atoms with van der Waals surface area (Å²) in [7, 11) is -3.54. The standard InChI is InChI=1S/C17H20F2N2O4S.C7H7Cl.CH2O/c18-13-2-3-14(19)16-15(13)17(10-22)5-4-12(8-11(17)9-25-16)20-26(23,24)21-6-1-7-21;1-6-2-4-7(8)5-3-6;1-2/h2-3,10-12,20H,1,4-9H2;2-5H,1H3;1H2/t11-,12-,17?;;/m1../s1. The van der Waals surface area contributed by atoms with Crippen molar-refractivity contribution in [1.29, 1.82) is 0 Å². The molecule has 2 heterocycles. The Morgan fingerprint density at radius 1 is 1.14 bits per heavy atom. The number of aryl methyl sites for hydroxylation is 1. The van der Waals surface area contributed by atoms with Gasteiger partial charge in [0, 0.05) is 35.6 Å². The number of carbonyl (C=O) groups excluding carboxylic acids is 2. The summed E-state index contributed by atoms with van der Waals surface area (Å²) < 4.78 is 62.6. The van der Waals surface area contributed by atoms with Crippen molar-refractivity contribution in [2.24, 2.45) is 5.92 Å². The fraction of sp³-hybridized carbons (Fsp3) is 0.440. The van der Waals surface area contributed by atoms with E-state index in [9.17, 15) is 22.0 Å². The Morgan fingerprint density at radius 3 is 2.33 bits per heavy atom. The van der Waals surface area contributed by atoms with Crippen molar-refractivity contribution < 1.29 is 31.5 Å². The average Bonchev–Trinajstić information content (AvgIpc) is 2.83. The van der Waals surface area contributed by atoms with Crippen molar-refractivity contribution in [3.63, 3.8) is 0 Å². The van der Waals surface area contributed by atoms with Gasteiger partial charge in [-0.3, -0.25) is 0 Å². The van der Waals surface area contributed by atoms with Crippen LogP contribution in [-0.4, -0.2) is 51.5 Å². The molecule has 2 aromatic rings. The number of hydrogen-bond donors (Lipinski definition) is 1. The molecule has 0 aromatic heterocycles. The van der Waals surface area contributed by atoms with E-state index in [1.54, 1.807) is 0 Å². The van der Waals surface area contributed by atoms with Crippen LogP contribution in [0.15, 0.2) is 36.4 Å². The van der Waals surface area contributed by atoms with Gasteiger partial charge in [0.2, 0.25) is 0 Å². The van der Waals surface area contributed by atoms with Crippen LogP contribution in [-0.2, 0) is 25.2 Å². The van der Waals surface area contributed by atoms with E-state index in [0.29, 0.717) is 32.2 Å². The Kier molecular flexibility index (Phi) is 9.21. The molecule has 3 atom stereocenters. The predicted octanol–water partition coefficient (Wildman–Crippen LogP) is 3.97. The Labute approximate surface area is 215 Å². The third-order valence-electron chi connectivity index (χ3n) is 6.85. The average molecular weight is 543 g/mol. The molecule has 196 valence electrons. The van der Waals surface area contributed by atoms with Gasteiger partial charge < -0.3 is 14.3 Å². The summed E-state index contributed by atoms with van der Waals surface area (Å²) in [6, 6.07) is 9.38. The fourth-order valence-corrected chi connectivity index (χ4v) is 6.44. The maximum absolute atomic E-state index is 14.5. The molecule has 0 spiro atoms. The molecule has 1 unspecified atom stereocenters. The zero-order valence-electron chi connectivity index (χ0n) is 19.9. The van der Waals surface area contributed by atoms with Gasteiger partial charge in [0.25, 0.3) is 10.2 Å². The van der Waals surface area contributed by atoms with Gasteiger partial charge in [0.05, 0.1) is 12.0 Å². The molecule has 1 N–H and O–H groups in total. The van der Waals surface area contributed by atoms with E-state index in [4.69, 9.17) is 21.1 Å². The second-order valence-electron chi connectivity index (χ2n) is 9.04. The highest BCUT2D eigenvalue weighted by Gasteiger charge is 2.52. The topological polar surface area (TPSA) is 92.8 Å². The first-order chi connectivity index (χ1) is 17.2. The van der Waals surface area contributed by atoms with Crippen molar-refractivity contribution in [3.05, 3.63) is 64.2 Å². The lowest BCUT2D eigenvalue weighted by Crippen LogP contribution is -2.56. The molecule has 36 heavy (non-hydrogen) atoms. The molecule has 11 heteroatoms. The number of fused-ring (bicyclic) bond motifs is 3. The largest absolute Gasteiger partial charge is 0.490 e. The first-order valence-electron chi connectivity index (χ1n) is 11.5. The maximum Gasteiger partial charge on any atom is 0.279 e. The molecule has 1 saturated heterocycles. The molecule has 1 saturated carbocycles. The molecule has 0 amide bonds. The summed E-state index contributed by atoms with van der Waals surface area (Å²) >= 11 is 5.61. The van der Waals surface area contributed by atoms with Gasteiger partial charge in [-0.2, -0.15) is 17.4 Å². The minimum Gasteiger partial charge on any atom is -0.490 e. The number of benzene rings is 2. The van der Waals surface area contributed by atoms with Gasteiger partial charge in [-0.15, -0.1) is 0 Å². The lowest BCUT2D eigenvalue weighted by Gasteiger charge is -2.47. The highest BCUT2D eigenvalue weighted by molar-refractivity contribution is 7.87.